The van der Waals surface area contributed by atoms with Crippen molar-refractivity contribution in [3.05, 3.63) is 34.9 Å². The van der Waals surface area contributed by atoms with Crippen LogP contribution in [0.2, 0.25) is 5.02 Å². The lowest BCUT2D eigenvalue weighted by Gasteiger charge is -2.38. The average Bonchev–Trinajstić information content (AvgIpc) is 2.39. The summed E-state index contributed by atoms with van der Waals surface area (Å²) in [6.07, 6.45) is 7.51. The van der Waals surface area contributed by atoms with Crippen LogP contribution < -0.4 is 5.32 Å². The van der Waals surface area contributed by atoms with E-state index >= 15 is 0 Å². The van der Waals surface area contributed by atoms with E-state index < -0.39 is 0 Å². The zero-order valence-electron chi connectivity index (χ0n) is 10.6. The molecule has 1 fully saturated rings. The maximum absolute atomic E-state index is 6.21. The van der Waals surface area contributed by atoms with Crippen molar-refractivity contribution in [2.24, 2.45) is 0 Å². The van der Waals surface area contributed by atoms with E-state index in [2.05, 4.69) is 24.4 Å². The predicted molar refractivity (Wildman–Crippen MR) is 74.6 cm³/mol. The summed E-state index contributed by atoms with van der Waals surface area (Å²) in [4.78, 5) is 0. The Morgan fingerprint density at radius 3 is 2.76 bits per heavy atom. The summed E-state index contributed by atoms with van der Waals surface area (Å²) < 4.78 is 0. The van der Waals surface area contributed by atoms with Crippen molar-refractivity contribution in [3.8, 4) is 0 Å². The molecule has 0 spiro atoms. The SMILES string of the molecule is CCC1(CCc2ccccc2Cl)CCCCN1. The summed E-state index contributed by atoms with van der Waals surface area (Å²) in [7, 11) is 0. The second kappa shape index (κ2) is 5.88. The lowest BCUT2D eigenvalue weighted by atomic mass is 9.81. The highest BCUT2D eigenvalue weighted by Gasteiger charge is 2.29. The van der Waals surface area contributed by atoms with Crippen LogP contribution in [-0.2, 0) is 6.42 Å². The highest BCUT2D eigenvalue weighted by molar-refractivity contribution is 6.31. The summed E-state index contributed by atoms with van der Waals surface area (Å²) in [6, 6.07) is 8.22. The summed E-state index contributed by atoms with van der Waals surface area (Å²) in [5, 5.41) is 4.64. The van der Waals surface area contributed by atoms with Gasteiger partial charge in [0.15, 0.2) is 0 Å². The third-order valence-corrected chi connectivity index (χ3v) is 4.46. The first-order valence-corrected chi connectivity index (χ1v) is 7.12. The highest BCUT2D eigenvalue weighted by atomic mass is 35.5. The summed E-state index contributed by atoms with van der Waals surface area (Å²) >= 11 is 6.21. The molecule has 0 bridgehead atoms. The van der Waals surface area contributed by atoms with Crippen LogP contribution in [0.25, 0.3) is 0 Å². The van der Waals surface area contributed by atoms with E-state index in [-0.39, 0.29) is 0 Å². The van der Waals surface area contributed by atoms with Gasteiger partial charge in [-0.1, -0.05) is 43.1 Å². The third-order valence-electron chi connectivity index (χ3n) is 4.09. The molecule has 1 aromatic rings. The predicted octanol–water partition coefficient (Wildman–Crippen LogP) is 4.19. The van der Waals surface area contributed by atoms with Crippen molar-refractivity contribution in [2.45, 2.75) is 51.0 Å². The fraction of sp³-hybridized carbons (Fsp3) is 0.600. The van der Waals surface area contributed by atoms with Gasteiger partial charge in [0.2, 0.25) is 0 Å². The normalized spacial score (nSPS) is 24.8. The molecule has 2 rings (SSSR count). The largest absolute Gasteiger partial charge is 0.311 e. The Bertz CT molecular complexity index is 356. The van der Waals surface area contributed by atoms with Crippen molar-refractivity contribution in [2.75, 3.05) is 6.54 Å². The van der Waals surface area contributed by atoms with Crippen LogP contribution in [0.15, 0.2) is 24.3 Å². The van der Waals surface area contributed by atoms with E-state index in [4.69, 9.17) is 11.6 Å². The molecule has 2 heteroatoms. The topological polar surface area (TPSA) is 12.0 Å². The monoisotopic (exact) mass is 251 g/mol. The number of halogens is 1. The Hall–Kier alpha value is -0.530. The second-order valence-corrected chi connectivity index (χ2v) is 5.52. The molecular formula is C15H22ClN. The van der Waals surface area contributed by atoms with E-state index in [1.807, 2.05) is 12.1 Å². The molecule has 0 aromatic heterocycles. The summed E-state index contributed by atoms with van der Waals surface area (Å²) in [5.41, 5.74) is 1.65. The Morgan fingerprint density at radius 1 is 1.29 bits per heavy atom. The zero-order chi connectivity index (χ0) is 12.1. The molecule has 0 aliphatic carbocycles. The molecule has 1 atom stereocenters. The van der Waals surface area contributed by atoms with E-state index in [1.54, 1.807) is 0 Å². The number of nitrogens with one attached hydrogen (secondary N) is 1. The minimum atomic E-state index is 0.359. The molecule has 1 N–H and O–H groups in total. The van der Waals surface area contributed by atoms with Crippen LogP contribution in [0.3, 0.4) is 0 Å². The number of piperidine rings is 1. The minimum absolute atomic E-state index is 0.359. The van der Waals surface area contributed by atoms with E-state index in [0.29, 0.717) is 5.54 Å². The summed E-state index contributed by atoms with van der Waals surface area (Å²) in [6.45, 7) is 3.47. The van der Waals surface area contributed by atoms with Gasteiger partial charge < -0.3 is 5.32 Å². The highest BCUT2D eigenvalue weighted by Crippen LogP contribution is 2.29. The van der Waals surface area contributed by atoms with Crippen molar-refractivity contribution in [3.63, 3.8) is 0 Å². The van der Waals surface area contributed by atoms with Gasteiger partial charge in [0.25, 0.3) is 0 Å². The molecule has 94 valence electrons. The molecule has 0 amide bonds. The van der Waals surface area contributed by atoms with E-state index in [9.17, 15) is 0 Å². The molecule has 1 aromatic carbocycles. The molecule has 1 nitrogen and oxygen atoms in total. The minimum Gasteiger partial charge on any atom is -0.311 e. The molecule has 0 radical (unpaired) electrons. The Kier molecular flexibility index (Phi) is 4.47. The van der Waals surface area contributed by atoms with Crippen LogP contribution in [0.1, 0.15) is 44.6 Å². The lowest BCUT2D eigenvalue weighted by molar-refractivity contribution is 0.229. The third kappa shape index (κ3) is 3.23. The van der Waals surface area contributed by atoms with Crippen LogP contribution in [0, 0.1) is 0 Å². The second-order valence-electron chi connectivity index (χ2n) is 5.11. The molecule has 1 saturated heterocycles. The van der Waals surface area contributed by atoms with E-state index in [1.165, 1.54) is 44.2 Å². The molecule has 0 saturated carbocycles. The standard InChI is InChI=1S/C15H22ClN/c1-2-15(10-5-6-12-17-15)11-9-13-7-3-4-8-14(13)16/h3-4,7-8,17H,2,5-6,9-12H2,1H3. The number of rotatable bonds is 4. The van der Waals surface area contributed by atoms with Crippen LogP contribution in [0.4, 0.5) is 0 Å². The molecule has 1 heterocycles. The average molecular weight is 252 g/mol. The van der Waals surface area contributed by atoms with Crippen molar-refractivity contribution in [1.29, 1.82) is 0 Å². The number of hydrogen-bond acceptors (Lipinski definition) is 1. The van der Waals surface area contributed by atoms with Gasteiger partial charge in [0.05, 0.1) is 0 Å². The lowest BCUT2D eigenvalue weighted by Crippen LogP contribution is -2.48. The molecule has 1 aliphatic rings. The van der Waals surface area contributed by atoms with Gasteiger partial charge in [0, 0.05) is 10.6 Å². The van der Waals surface area contributed by atoms with Gasteiger partial charge in [-0.05, 0) is 50.3 Å². The molecule has 17 heavy (non-hydrogen) atoms. The Morgan fingerprint density at radius 2 is 2.12 bits per heavy atom. The fourth-order valence-electron chi connectivity index (χ4n) is 2.80. The number of aryl methyl sites for hydroxylation is 1. The first-order chi connectivity index (χ1) is 8.26. The number of benzene rings is 1. The zero-order valence-corrected chi connectivity index (χ0v) is 11.4. The van der Waals surface area contributed by atoms with Gasteiger partial charge >= 0.3 is 0 Å². The van der Waals surface area contributed by atoms with Gasteiger partial charge in [0.1, 0.15) is 0 Å². The van der Waals surface area contributed by atoms with Gasteiger partial charge in [-0.15, -0.1) is 0 Å². The van der Waals surface area contributed by atoms with Crippen molar-refractivity contribution < 1.29 is 0 Å². The summed E-state index contributed by atoms with van der Waals surface area (Å²) in [5.74, 6) is 0. The van der Waals surface area contributed by atoms with Crippen LogP contribution in [-0.4, -0.2) is 12.1 Å². The Labute approximate surface area is 110 Å². The van der Waals surface area contributed by atoms with Gasteiger partial charge in [-0.2, -0.15) is 0 Å². The van der Waals surface area contributed by atoms with Crippen LogP contribution in [0.5, 0.6) is 0 Å². The van der Waals surface area contributed by atoms with E-state index in [0.717, 1.165) is 11.4 Å². The van der Waals surface area contributed by atoms with Crippen molar-refractivity contribution >= 4 is 11.6 Å². The van der Waals surface area contributed by atoms with Crippen LogP contribution >= 0.6 is 11.6 Å². The smallest absolute Gasteiger partial charge is 0.0437 e. The Balaban J connectivity index is 1.98. The maximum atomic E-state index is 6.21. The van der Waals surface area contributed by atoms with Gasteiger partial charge in [-0.25, -0.2) is 0 Å². The molecule has 1 unspecified atom stereocenters. The fourth-order valence-corrected chi connectivity index (χ4v) is 3.03. The first kappa shape index (κ1) is 12.9. The van der Waals surface area contributed by atoms with Gasteiger partial charge in [-0.3, -0.25) is 0 Å². The quantitative estimate of drug-likeness (QED) is 0.846. The molecular weight excluding hydrogens is 230 g/mol. The van der Waals surface area contributed by atoms with Crippen molar-refractivity contribution in [1.82, 2.24) is 5.32 Å². The first-order valence-electron chi connectivity index (χ1n) is 6.74. The number of hydrogen-bond donors (Lipinski definition) is 1. The maximum Gasteiger partial charge on any atom is 0.0437 e. The molecule has 1 aliphatic heterocycles.